The number of fused-ring (bicyclic) bond motifs is 1. The summed E-state index contributed by atoms with van der Waals surface area (Å²) in [5.41, 5.74) is 1.14. The van der Waals surface area contributed by atoms with Gasteiger partial charge in [0.1, 0.15) is 0 Å². The third-order valence-corrected chi connectivity index (χ3v) is 7.69. The van der Waals surface area contributed by atoms with Gasteiger partial charge in [-0.05, 0) is 69.7 Å². The lowest BCUT2D eigenvalue weighted by atomic mass is 9.88. The van der Waals surface area contributed by atoms with Crippen LogP contribution in [0.4, 0.5) is 4.79 Å². The predicted octanol–water partition coefficient (Wildman–Crippen LogP) is 3.22. The normalized spacial score (nSPS) is 27.7. The van der Waals surface area contributed by atoms with E-state index in [4.69, 9.17) is 0 Å². The van der Waals surface area contributed by atoms with E-state index >= 15 is 0 Å². The fraction of sp³-hybridized carbons (Fsp3) is 0.500. The summed E-state index contributed by atoms with van der Waals surface area (Å²) in [6, 6.07) is 8.13. The third kappa shape index (κ3) is 4.81. The number of amides is 5. The summed E-state index contributed by atoms with van der Waals surface area (Å²) in [7, 11) is 0. The van der Waals surface area contributed by atoms with E-state index in [1.807, 2.05) is 38.1 Å². The molecule has 3 fully saturated rings. The van der Waals surface area contributed by atoms with Crippen LogP contribution >= 0.6 is 0 Å². The first-order valence-electron chi connectivity index (χ1n) is 13.0. The zero-order valence-corrected chi connectivity index (χ0v) is 20.9. The van der Waals surface area contributed by atoms with E-state index in [9.17, 15) is 19.2 Å². The molecular formula is C28H34N4O4. The monoisotopic (exact) mass is 490 g/mol. The van der Waals surface area contributed by atoms with Gasteiger partial charge in [-0.1, -0.05) is 30.7 Å². The number of imide groups is 1. The minimum atomic E-state index is -0.527. The Labute approximate surface area is 211 Å². The van der Waals surface area contributed by atoms with Crippen LogP contribution in [0.3, 0.4) is 0 Å². The van der Waals surface area contributed by atoms with E-state index in [1.165, 1.54) is 4.90 Å². The van der Waals surface area contributed by atoms with Gasteiger partial charge in [0.15, 0.2) is 0 Å². The summed E-state index contributed by atoms with van der Waals surface area (Å²) >= 11 is 0. The van der Waals surface area contributed by atoms with Crippen molar-refractivity contribution in [2.45, 2.75) is 64.1 Å². The van der Waals surface area contributed by atoms with Crippen LogP contribution in [0.5, 0.6) is 0 Å². The first kappa shape index (κ1) is 24.3. The van der Waals surface area contributed by atoms with Gasteiger partial charge >= 0.3 is 6.03 Å². The molecule has 2 N–H and O–H groups in total. The van der Waals surface area contributed by atoms with Crippen LogP contribution in [-0.4, -0.2) is 58.2 Å². The lowest BCUT2D eigenvalue weighted by molar-refractivity contribution is -0.136. The van der Waals surface area contributed by atoms with Gasteiger partial charge < -0.3 is 15.5 Å². The fourth-order valence-electron chi connectivity index (χ4n) is 5.59. The molecule has 0 bridgehead atoms. The molecule has 4 atom stereocenters. The Morgan fingerprint density at radius 2 is 1.81 bits per heavy atom. The Morgan fingerprint density at radius 1 is 1.06 bits per heavy atom. The molecule has 0 spiro atoms. The predicted molar refractivity (Wildman–Crippen MR) is 134 cm³/mol. The second kappa shape index (κ2) is 9.91. The van der Waals surface area contributed by atoms with Crippen LogP contribution in [0.15, 0.2) is 54.3 Å². The Hall–Kier alpha value is -3.42. The number of allylic oxidation sites excluding steroid dienone is 1. The molecule has 5 rings (SSSR count). The summed E-state index contributed by atoms with van der Waals surface area (Å²) in [6.45, 7) is 4.38. The van der Waals surface area contributed by atoms with E-state index in [0.717, 1.165) is 25.7 Å². The van der Waals surface area contributed by atoms with Crippen molar-refractivity contribution in [1.29, 1.82) is 0 Å². The Morgan fingerprint density at radius 3 is 2.50 bits per heavy atom. The highest BCUT2D eigenvalue weighted by Gasteiger charge is 2.47. The van der Waals surface area contributed by atoms with Crippen molar-refractivity contribution in [3.05, 3.63) is 59.8 Å². The number of benzene rings is 1. The molecule has 0 radical (unpaired) electrons. The van der Waals surface area contributed by atoms with Gasteiger partial charge in [-0.25, -0.2) is 4.79 Å². The number of nitrogens with one attached hydrogen (secondary N) is 2. The first-order valence-corrected chi connectivity index (χ1v) is 13.0. The Kier molecular flexibility index (Phi) is 6.69. The average molecular weight is 491 g/mol. The summed E-state index contributed by atoms with van der Waals surface area (Å²) in [6.07, 6.45) is 9.83. The first-order chi connectivity index (χ1) is 17.3. The number of rotatable bonds is 7. The van der Waals surface area contributed by atoms with Gasteiger partial charge in [0.2, 0.25) is 11.8 Å². The van der Waals surface area contributed by atoms with E-state index in [1.54, 1.807) is 29.2 Å². The molecule has 5 amide bonds. The molecule has 4 unspecified atom stereocenters. The number of hydrogen-bond acceptors (Lipinski definition) is 4. The molecule has 1 aliphatic heterocycles. The molecule has 8 heteroatoms. The minimum absolute atomic E-state index is 0.0542. The fourth-order valence-corrected chi connectivity index (χ4v) is 5.59. The van der Waals surface area contributed by atoms with Crippen molar-refractivity contribution in [2.75, 3.05) is 6.54 Å². The van der Waals surface area contributed by atoms with Crippen LogP contribution in [-0.2, 0) is 9.59 Å². The van der Waals surface area contributed by atoms with Crippen LogP contribution in [0.1, 0.15) is 56.3 Å². The van der Waals surface area contributed by atoms with E-state index in [-0.39, 0.29) is 47.8 Å². The van der Waals surface area contributed by atoms with E-state index < -0.39 is 5.92 Å². The topological polar surface area (TPSA) is 98.8 Å². The third-order valence-electron chi connectivity index (χ3n) is 7.69. The Bertz CT molecular complexity index is 1110. The highest BCUT2D eigenvalue weighted by Crippen LogP contribution is 2.35. The molecule has 0 aromatic heterocycles. The largest absolute Gasteiger partial charge is 0.349 e. The maximum atomic E-state index is 13.3. The van der Waals surface area contributed by atoms with Gasteiger partial charge in [-0.2, -0.15) is 0 Å². The van der Waals surface area contributed by atoms with Crippen LogP contribution in [0.2, 0.25) is 0 Å². The molecule has 36 heavy (non-hydrogen) atoms. The molecular weight excluding hydrogens is 456 g/mol. The maximum absolute atomic E-state index is 13.3. The summed E-state index contributed by atoms with van der Waals surface area (Å²) < 4.78 is 0. The smallest absolute Gasteiger partial charge is 0.327 e. The van der Waals surface area contributed by atoms with Crippen molar-refractivity contribution in [2.24, 2.45) is 17.8 Å². The van der Waals surface area contributed by atoms with Crippen molar-refractivity contribution >= 4 is 23.8 Å². The molecule has 1 heterocycles. The number of nitrogens with zero attached hydrogens (tertiary/aromatic N) is 2. The lowest BCUT2D eigenvalue weighted by Crippen LogP contribution is -2.63. The number of carbonyl (C=O) groups is 4. The molecule has 2 saturated carbocycles. The number of carbonyl (C=O) groups excluding carboxylic acids is 4. The van der Waals surface area contributed by atoms with Gasteiger partial charge in [0, 0.05) is 29.9 Å². The molecule has 190 valence electrons. The van der Waals surface area contributed by atoms with Gasteiger partial charge in [0.25, 0.3) is 5.91 Å². The molecule has 1 saturated heterocycles. The summed E-state index contributed by atoms with van der Waals surface area (Å²) in [4.78, 5) is 55.5. The van der Waals surface area contributed by atoms with Crippen LogP contribution < -0.4 is 10.6 Å². The Balaban J connectivity index is 1.28. The molecule has 3 aliphatic carbocycles. The second-order valence-electron chi connectivity index (χ2n) is 10.6. The van der Waals surface area contributed by atoms with Crippen molar-refractivity contribution < 1.29 is 19.2 Å². The minimum Gasteiger partial charge on any atom is -0.349 e. The number of urea groups is 1. The maximum Gasteiger partial charge on any atom is 0.327 e. The van der Waals surface area contributed by atoms with Crippen molar-refractivity contribution in [3.63, 3.8) is 0 Å². The highest BCUT2D eigenvalue weighted by molar-refractivity contribution is 6.00. The standard InChI is InChI=1S/C28H34N4O4/c1-17(2)32-24-14-13-20(15-22(24)27(35)31(28(32)36)16-18-11-12-18)29-26(34)21-9-6-10-23(21)30-25(33)19-7-4-3-5-8-19/h3-5,7-8,13-15,17-18,21-24H,6,9-12,16H2,1-2H3,(H,29,34)(H,30,33). The molecule has 4 aliphatic rings. The van der Waals surface area contributed by atoms with Crippen LogP contribution in [0.25, 0.3) is 0 Å². The molecule has 8 nitrogen and oxygen atoms in total. The van der Waals surface area contributed by atoms with Gasteiger partial charge in [-0.15, -0.1) is 0 Å². The number of hydrogen-bond donors (Lipinski definition) is 2. The van der Waals surface area contributed by atoms with Crippen molar-refractivity contribution in [1.82, 2.24) is 20.4 Å². The van der Waals surface area contributed by atoms with Gasteiger partial charge in [-0.3, -0.25) is 19.3 Å². The SMILES string of the molecule is CC(C)N1C(=O)N(CC2CC2)C(=O)C2C=C(NC(=O)C3CCCC3NC(=O)c3ccccc3)C=CC21. The van der Waals surface area contributed by atoms with E-state index in [0.29, 0.717) is 30.1 Å². The van der Waals surface area contributed by atoms with E-state index in [2.05, 4.69) is 10.6 Å². The lowest BCUT2D eigenvalue weighted by Gasteiger charge is -2.46. The zero-order valence-electron chi connectivity index (χ0n) is 20.9. The molecule has 1 aromatic carbocycles. The highest BCUT2D eigenvalue weighted by atomic mass is 16.2. The van der Waals surface area contributed by atoms with Crippen molar-refractivity contribution in [3.8, 4) is 0 Å². The second-order valence-corrected chi connectivity index (χ2v) is 10.6. The quantitative estimate of drug-likeness (QED) is 0.613. The van der Waals surface area contributed by atoms with Gasteiger partial charge in [0.05, 0.1) is 17.9 Å². The van der Waals surface area contributed by atoms with Crippen LogP contribution in [0, 0.1) is 17.8 Å². The average Bonchev–Trinajstić information content (AvgIpc) is 3.57. The summed E-state index contributed by atoms with van der Waals surface area (Å²) in [5, 5.41) is 6.02. The molecule has 1 aromatic rings. The zero-order chi connectivity index (χ0) is 25.4. The summed E-state index contributed by atoms with van der Waals surface area (Å²) in [5.74, 6) is -1.000.